The molecule has 0 radical (unpaired) electrons. The summed E-state index contributed by atoms with van der Waals surface area (Å²) in [6.45, 7) is 12.0. The number of hydrogen-bond acceptors (Lipinski definition) is 4. The van der Waals surface area contributed by atoms with Crippen LogP contribution in [0.1, 0.15) is 41.5 Å². The third-order valence-corrected chi connectivity index (χ3v) is 3.13. The van der Waals surface area contributed by atoms with Crippen molar-refractivity contribution < 1.29 is 19.1 Å². The van der Waals surface area contributed by atoms with Crippen molar-refractivity contribution in [3.63, 3.8) is 0 Å². The van der Waals surface area contributed by atoms with Crippen molar-refractivity contribution in [2.45, 2.75) is 65.8 Å². The maximum absolute atomic E-state index is 12.0. The van der Waals surface area contributed by atoms with E-state index in [1.54, 1.807) is 9.80 Å². The van der Waals surface area contributed by atoms with Crippen molar-refractivity contribution in [3.05, 3.63) is 0 Å². The summed E-state index contributed by atoms with van der Waals surface area (Å²) in [7, 11) is 0. The molecule has 0 saturated carbocycles. The zero-order valence-corrected chi connectivity index (χ0v) is 13.3. The number of hydrogen-bond donors (Lipinski definition) is 0. The van der Waals surface area contributed by atoms with Crippen molar-refractivity contribution in [3.8, 4) is 0 Å². The minimum atomic E-state index is -0.323. The molecule has 0 unspecified atom stereocenters. The molecule has 0 aliphatic carbocycles. The van der Waals surface area contributed by atoms with Crippen molar-refractivity contribution in [1.82, 2.24) is 9.80 Å². The predicted octanol–water partition coefficient (Wildman–Crippen LogP) is 2.47. The Bertz CT molecular complexity index is 323. The normalized spacial score (nSPS) is 23.2. The van der Waals surface area contributed by atoms with Crippen molar-refractivity contribution in [2.24, 2.45) is 0 Å². The number of amides is 2. The Labute approximate surface area is 121 Å². The highest BCUT2D eigenvalue weighted by Crippen LogP contribution is 2.18. The third-order valence-electron chi connectivity index (χ3n) is 3.13. The van der Waals surface area contributed by atoms with E-state index in [2.05, 4.69) is 0 Å². The molecular formula is C14H26N2O4. The molecule has 20 heavy (non-hydrogen) atoms. The second-order valence-electron chi connectivity index (χ2n) is 5.87. The molecule has 6 heteroatoms. The van der Waals surface area contributed by atoms with Gasteiger partial charge in [-0.05, 0) is 41.5 Å². The summed E-state index contributed by atoms with van der Waals surface area (Å²) in [5, 5.41) is 0. The fourth-order valence-corrected chi connectivity index (χ4v) is 2.17. The first kappa shape index (κ1) is 16.6. The first-order chi connectivity index (χ1) is 9.22. The second kappa shape index (κ2) is 6.81. The van der Waals surface area contributed by atoms with Crippen molar-refractivity contribution in [1.29, 1.82) is 0 Å². The molecule has 2 atom stereocenters. The quantitative estimate of drug-likeness (QED) is 0.782. The Morgan fingerprint density at radius 1 is 0.850 bits per heavy atom. The molecule has 1 aliphatic rings. The van der Waals surface area contributed by atoms with E-state index in [1.165, 1.54) is 0 Å². The van der Waals surface area contributed by atoms with E-state index in [-0.39, 0.29) is 36.5 Å². The highest BCUT2D eigenvalue weighted by Gasteiger charge is 2.36. The van der Waals surface area contributed by atoms with Gasteiger partial charge in [-0.15, -0.1) is 0 Å². The van der Waals surface area contributed by atoms with Crippen LogP contribution in [-0.4, -0.2) is 59.4 Å². The van der Waals surface area contributed by atoms with Gasteiger partial charge in [-0.1, -0.05) is 0 Å². The minimum Gasteiger partial charge on any atom is -0.447 e. The van der Waals surface area contributed by atoms with E-state index in [0.717, 1.165) is 0 Å². The van der Waals surface area contributed by atoms with Gasteiger partial charge in [0, 0.05) is 13.1 Å². The van der Waals surface area contributed by atoms with Crippen LogP contribution >= 0.6 is 0 Å². The van der Waals surface area contributed by atoms with E-state index in [9.17, 15) is 9.59 Å². The molecule has 0 aromatic rings. The Morgan fingerprint density at radius 3 is 1.40 bits per heavy atom. The van der Waals surface area contributed by atoms with E-state index in [0.29, 0.717) is 13.1 Å². The molecular weight excluding hydrogens is 260 g/mol. The van der Waals surface area contributed by atoms with E-state index < -0.39 is 0 Å². The largest absolute Gasteiger partial charge is 0.447 e. The van der Waals surface area contributed by atoms with E-state index in [4.69, 9.17) is 9.47 Å². The third kappa shape index (κ3) is 4.28. The lowest BCUT2D eigenvalue weighted by molar-refractivity contribution is 0.00589. The van der Waals surface area contributed by atoms with Gasteiger partial charge >= 0.3 is 12.2 Å². The maximum Gasteiger partial charge on any atom is 0.410 e. The molecule has 0 aromatic heterocycles. The van der Waals surface area contributed by atoms with Crippen LogP contribution in [0.4, 0.5) is 9.59 Å². The SMILES string of the molecule is CC(C)OC(=O)N1C[C@H](C)N(C(=O)OC(C)C)C[C@H]1C. The summed E-state index contributed by atoms with van der Waals surface area (Å²) in [4.78, 5) is 27.3. The molecule has 1 aliphatic heterocycles. The average molecular weight is 286 g/mol. The summed E-state index contributed by atoms with van der Waals surface area (Å²) in [6, 6.07) is -0.172. The van der Waals surface area contributed by atoms with Gasteiger partial charge in [-0.3, -0.25) is 0 Å². The van der Waals surface area contributed by atoms with Gasteiger partial charge in [-0.2, -0.15) is 0 Å². The van der Waals surface area contributed by atoms with Crippen LogP contribution in [0.2, 0.25) is 0 Å². The molecule has 1 saturated heterocycles. The number of nitrogens with zero attached hydrogens (tertiary/aromatic N) is 2. The van der Waals surface area contributed by atoms with Gasteiger partial charge in [0.05, 0.1) is 24.3 Å². The highest BCUT2D eigenvalue weighted by molar-refractivity contribution is 5.71. The zero-order valence-electron chi connectivity index (χ0n) is 13.3. The van der Waals surface area contributed by atoms with Crippen molar-refractivity contribution in [2.75, 3.05) is 13.1 Å². The van der Waals surface area contributed by atoms with Crippen LogP contribution in [0.3, 0.4) is 0 Å². The highest BCUT2D eigenvalue weighted by atomic mass is 16.6. The molecule has 1 rings (SSSR count). The van der Waals surface area contributed by atoms with Crippen LogP contribution in [-0.2, 0) is 9.47 Å². The van der Waals surface area contributed by atoms with Gasteiger partial charge in [0.15, 0.2) is 0 Å². The molecule has 2 amide bonds. The Morgan fingerprint density at radius 2 is 1.15 bits per heavy atom. The topological polar surface area (TPSA) is 59.1 Å². The molecule has 116 valence electrons. The van der Waals surface area contributed by atoms with Gasteiger partial charge in [0.2, 0.25) is 0 Å². The standard InChI is InChI=1S/C14H26N2O4/c1-9(2)19-13(17)15-7-12(6)16(8-11(15)5)14(18)20-10(3)4/h9-12H,7-8H2,1-6H3/t11-,12+. The lowest BCUT2D eigenvalue weighted by atomic mass is 10.1. The molecule has 1 heterocycles. The molecule has 0 aromatic carbocycles. The number of carbonyl (C=O) groups is 2. The van der Waals surface area contributed by atoms with Crippen LogP contribution in [0.5, 0.6) is 0 Å². The molecule has 0 bridgehead atoms. The first-order valence-electron chi connectivity index (χ1n) is 7.16. The first-order valence-corrected chi connectivity index (χ1v) is 7.16. The van der Waals surface area contributed by atoms with Gasteiger partial charge < -0.3 is 19.3 Å². The fraction of sp³-hybridized carbons (Fsp3) is 0.857. The minimum absolute atomic E-state index is 0.0860. The lowest BCUT2D eigenvalue weighted by Crippen LogP contribution is -2.60. The van der Waals surface area contributed by atoms with Gasteiger partial charge in [0.1, 0.15) is 0 Å². The van der Waals surface area contributed by atoms with E-state index in [1.807, 2.05) is 41.5 Å². The fourth-order valence-electron chi connectivity index (χ4n) is 2.17. The van der Waals surface area contributed by atoms with Gasteiger partial charge in [-0.25, -0.2) is 9.59 Å². The molecule has 0 N–H and O–H groups in total. The maximum atomic E-state index is 12.0. The van der Waals surface area contributed by atoms with Crippen LogP contribution < -0.4 is 0 Å². The Kier molecular flexibility index (Phi) is 5.65. The number of carbonyl (C=O) groups excluding carboxylic acids is 2. The second-order valence-corrected chi connectivity index (χ2v) is 5.87. The molecule has 6 nitrogen and oxygen atoms in total. The number of ether oxygens (including phenoxy) is 2. The van der Waals surface area contributed by atoms with Crippen LogP contribution in [0, 0.1) is 0 Å². The summed E-state index contributed by atoms with van der Waals surface area (Å²) >= 11 is 0. The summed E-state index contributed by atoms with van der Waals surface area (Å²) in [5.74, 6) is 0. The smallest absolute Gasteiger partial charge is 0.410 e. The molecule has 0 spiro atoms. The summed E-state index contributed by atoms with van der Waals surface area (Å²) in [6.07, 6.45) is -0.935. The van der Waals surface area contributed by atoms with E-state index >= 15 is 0 Å². The number of rotatable bonds is 2. The van der Waals surface area contributed by atoms with Crippen LogP contribution in [0.15, 0.2) is 0 Å². The predicted molar refractivity (Wildman–Crippen MR) is 75.6 cm³/mol. The lowest BCUT2D eigenvalue weighted by Gasteiger charge is -2.43. The summed E-state index contributed by atoms with van der Waals surface area (Å²) < 4.78 is 10.4. The molecule has 1 fully saturated rings. The Hall–Kier alpha value is -1.46. The van der Waals surface area contributed by atoms with Crippen molar-refractivity contribution >= 4 is 12.2 Å². The average Bonchev–Trinajstić information content (AvgIpc) is 2.29. The Balaban J connectivity index is 2.66. The zero-order chi connectivity index (χ0) is 15.4. The monoisotopic (exact) mass is 286 g/mol. The van der Waals surface area contributed by atoms with Gasteiger partial charge in [0.25, 0.3) is 0 Å². The summed E-state index contributed by atoms with van der Waals surface area (Å²) in [5.41, 5.74) is 0. The van der Waals surface area contributed by atoms with Crippen LogP contribution in [0.25, 0.3) is 0 Å². The number of piperazine rings is 1.